The molecular weight excluding hydrogens is 689 g/mol. The summed E-state index contributed by atoms with van der Waals surface area (Å²) in [5, 5.41) is 29.4. The average molecular weight is 715 g/mol. The third-order valence-corrected chi connectivity index (χ3v) is 11.3. The fourth-order valence-corrected chi connectivity index (χ4v) is 8.99. The van der Waals surface area contributed by atoms with Gasteiger partial charge in [-0.05, 0) is 96.1 Å². The fraction of sp³-hybridized carbons (Fsp3) is 0. The predicted octanol–water partition coefficient (Wildman–Crippen LogP) is 13.1. The summed E-state index contributed by atoms with van der Waals surface area (Å²) in [6.45, 7) is 0. The maximum absolute atomic E-state index is 10.5. The van der Waals surface area contributed by atoms with Gasteiger partial charge in [-0.25, -0.2) is 0 Å². The van der Waals surface area contributed by atoms with E-state index < -0.39 is 0 Å². The Kier molecular flexibility index (Phi) is 6.10. The van der Waals surface area contributed by atoms with Crippen LogP contribution in [0.1, 0.15) is 11.1 Å². The fourth-order valence-electron chi connectivity index (χ4n) is 8.99. The van der Waals surface area contributed by atoms with Crippen molar-refractivity contribution in [2.24, 2.45) is 0 Å². The first kappa shape index (κ1) is 30.4. The van der Waals surface area contributed by atoms with Gasteiger partial charge in [0.2, 0.25) is 0 Å². The van der Waals surface area contributed by atoms with Gasteiger partial charge >= 0.3 is 0 Å². The minimum absolute atomic E-state index is 0.514. The minimum atomic E-state index is 0.514. The van der Waals surface area contributed by atoms with Crippen molar-refractivity contribution in [2.75, 3.05) is 0 Å². The lowest BCUT2D eigenvalue weighted by molar-refractivity contribution is 0.669. The molecule has 4 heterocycles. The van der Waals surface area contributed by atoms with Crippen LogP contribution in [0.15, 0.2) is 167 Å². The normalized spacial score (nSPS) is 11.9. The van der Waals surface area contributed by atoms with Gasteiger partial charge < -0.3 is 18.0 Å². The molecule has 0 saturated heterocycles. The van der Waals surface area contributed by atoms with Gasteiger partial charge in [-0.15, -0.1) is 0 Å². The molecule has 0 bridgehead atoms. The van der Waals surface area contributed by atoms with Crippen molar-refractivity contribution < 1.29 is 8.83 Å². The summed E-state index contributed by atoms with van der Waals surface area (Å²) >= 11 is 0. The molecule has 0 saturated carbocycles. The van der Waals surface area contributed by atoms with E-state index in [-0.39, 0.29) is 0 Å². The topological polar surface area (TPSA) is 83.7 Å². The smallest absolute Gasteiger partial charge is 0.145 e. The van der Waals surface area contributed by atoms with Gasteiger partial charge in [0, 0.05) is 43.7 Å². The number of fused-ring (bicyclic) bond motifs is 14. The van der Waals surface area contributed by atoms with Gasteiger partial charge in [-0.1, -0.05) is 72.8 Å². The van der Waals surface area contributed by atoms with Crippen molar-refractivity contribution in [3.8, 4) is 34.6 Å². The van der Waals surface area contributed by atoms with Crippen LogP contribution in [-0.4, -0.2) is 9.13 Å². The summed E-state index contributed by atoms with van der Waals surface area (Å²) in [6.07, 6.45) is 0. The van der Waals surface area contributed by atoms with Gasteiger partial charge in [0.25, 0.3) is 0 Å². The number of benzene rings is 8. The van der Waals surface area contributed by atoms with Crippen LogP contribution in [0.3, 0.4) is 0 Å². The molecule has 0 aliphatic carbocycles. The van der Waals surface area contributed by atoms with Crippen LogP contribution >= 0.6 is 0 Å². The van der Waals surface area contributed by atoms with E-state index in [9.17, 15) is 10.5 Å². The third kappa shape index (κ3) is 4.13. The highest BCUT2D eigenvalue weighted by atomic mass is 16.3. The minimum Gasteiger partial charge on any atom is -0.456 e. The number of nitrogens with zero attached hydrogens (tertiary/aromatic N) is 4. The van der Waals surface area contributed by atoms with E-state index in [0.29, 0.717) is 11.1 Å². The highest BCUT2D eigenvalue weighted by Gasteiger charge is 2.22. The molecule has 0 radical (unpaired) electrons. The lowest BCUT2D eigenvalue weighted by atomic mass is 9.99. The molecule has 0 spiro atoms. The van der Waals surface area contributed by atoms with Gasteiger partial charge in [0.05, 0.1) is 56.1 Å². The summed E-state index contributed by atoms with van der Waals surface area (Å²) < 4.78 is 17.4. The molecule has 258 valence electrons. The molecule has 0 unspecified atom stereocenters. The zero-order valence-electron chi connectivity index (χ0n) is 29.6. The van der Waals surface area contributed by atoms with Crippen LogP contribution in [0.25, 0.3) is 110 Å². The zero-order chi connectivity index (χ0) is 37.1. The second-order valence-electron chi connectivity index (χ2n) is 14.3. The van der Waals surface area contributed by atoms with Crippen molar-refractivity contribution in [3.63, 3.8) is 0 Å². The number of nitriles is 2. The summed E-state index contributed by atoms with van der Waals surface area (Å²) in [6, 6.07) is 58.2. The van der Waals surface area contributed by atoms with Gasteiger partial charge in [-0.3, -0.25) is 0 Å². The lowest BCUT2D eigenvalue weighted by Crippen LogP contribution is -1.98. The van der Waals surface area contributed by atoms with Gasteiger partial charge in [-0.2, -0.15) is 10.5 Å². The Hall–Kier alpha value is -8.06. The highest BCUT2D eigenvalue weighted by Crippen LogP contribution is 2.43. The zero-order valence-corrected chi connectivity index (χ0v) is 29.6. The summed E-state index contributed by atoms with van der Waals surface area (Å²) in [4.78, 5) is 0. The molecule has 6 heteroatoms. The third-order valence-electron chi connectivity index (χ3n) is 11.3. The van der Waals surface area contributed by atoms with Gasteiger partial charge in [0.1, 0.15) is 22.3 Å². The van der Waals surface area contributed by atoms with Crippen LogP contribution in [0.5, 0.6) is 0 Å². The van der Waals surface area contributed by atoms with E-state index in [4.69, 9.17) is 8.83 Å². The molecule has 12 rings (SSSR count). The van der Waals surface area contributed by atoms with Crippen LogP contribution < -0.4 is 0 Å². The Morgan fingerprint density at radius 2 is 0.964 bits per heavy atom. The van der Waals surface area contributed by atoms with E-state index in [0.717, 1.165) is 110 Å². The molecular formula is C50H26N4O2. The number of hydrogen-bond acceptors (Lipinski definition) is 4. The molecule has 0 aliphatic heterocycles. The van der Waals surface area contributed by atoms with E-state index in [2.05, 4.69) is 100 Å². The standard InChI is InChI=1S/C50H26N4O2/c51-27-29-21-31(25-33(23-29)53-42-14-6-2-11-39(42)47-43(53)19-17-38-36-10-3-7-15-44(36)56-50(38)47)32-22-30(28-52)24-34(26-32)54-41-13-5-1-9-35(41)37-18-20-46-48(49(37)54)40-12-4-8-16-45(40)55-46/h1-26H. The maximum atomic E-state index is 10.5. The van der Waals surface area contributed by atoms with Crippen LogP contribution in [0.4, 0.5) is 0 Å². The summed E-state index contributed by atoms with van der Waals surface area (Å²) in [5.41, 5.74) is 11.7. The van der Waals surface area contributed by atoms with E-state index in [1.807, 2.05) is 78.9 Å². The quantitative estimate of drug-likeness (QED) is 0.182. The Labute approximate surface area is 318 Å². The van der Waals surface area contributed by atoms with Crippen molar-refractivity contribution in [3.05, 3.63) is 169 Å². The number of para-hydroxylation sites is 4. The van der Waals surface area contributed by atoms with Crippen molar-refractivity contribution in [1.29, 1.82) is 10.5 Å². The Morgan fingerprint density at radius 1 is 0.393 bits per heavy atom. The number of hydrogen-bond donors (Lipinski definition) is 0. The van der Waals surface area contributed by atoms with Crippen LogP contribution in [-0.2, 0) is 0 Å². The highest BCUT2D eigenvalue weighted by molar-refractivity contribution is 6.25. The molecule has 0 amide bonds. The number of rotatable bonds is 3. The monoisotopic (exact) mass is 714 g/mol. The largest absolute Gasteiger partial charge is 0.456 e. The van der Waals surface area contributed by atoms with Crippen LogP contribution in [0.2, 0.25) is 0 Å². The number of furan rings is 2. The first-order valence-electron chi connectivity index (χ1n) is 18.5. The van der Waals surface area contributed by atoms with Crippen molar-refractivity contribution in [1.82, 2.24) is 9.13 Å². The summed E-state index contributed by atoms with van der Waals surface area (Å²) in [5.74, 6) is 0. The van der Waals surface area contributed by atoms with Gasteiger partial charge in [0.15, 0.2) is 0 Å². The molecule has 6 nitrogen and oxygen atoms in total. The SMILES string of the molecule is N#Cc1cc(-c2cc(C#N)cc(-n3c4ccccc4c4ccc5oc6ccccc6c5c43)c2)cc(-n2c3ccccc3c3c4oc5ccccc5c4ccc32)c1. The van der Waals surface area contributed by atoms with E-state index in [1.54, 1.807) is 0 Å². The lowest BCUT2D eigenvalue weighted by Gasteiger charge is -2.14. The first-order valence-corrected chi connectivity index (χ1v) is 18.5. The molecule has 0 aliphatic rings. The predicted molar refractivity (Wildman–Crippen MR) is 225 cm³/mol. The Bertz CT molecular complexity index is 3750. The second kappa shape index (κ2) is 11.2. The average Bonchev–Trinajstić information content (AvgIpc) is 4.00. The second-order valence-corrected chi connectivity index (χ2v) is 14.3. The number of aromatic nitrogens is 2. The maximum Gasteiger partial charge on any atom is 0.145 e. The first-order chi connectivity index (χ1) is 27.7. The molecule has 12 aromatic rings. The van der Waals surface area contributed by atoms with Crippen LogP contribution in [0, 0.1) is 22.7 Å². The van der Waals surface area contributed by atoms with Crippen molar-refractivity contribution >= 4 is 87.5 Å². The molecule has 4 aromatic heterocycles. The molecule has 56 heavy (non-hydrogen) atoms. The molecule has 0 fully saturated rings. The Balaban J connectivity index is 1.13. The van der Waals surface area contributed by atoms with Crippen molar-refractivity contribution in [2.45, 2.75) is 0 Å². The molecule has 8 aromatic carbocycles. The van der Waals surface area contributed by atoms with E-state index >= 15 is 0 Å². The van der Waals surface area contributed by atoms with E-state index in [1.165, 1.54) is 0 Å². The Morgan fingerprint density at radius 3 is 1.68 bits per heavy atom. The molecule has 0 N–H and O–H groups in total. The molecule has 0 atom stereocenters. The summed E-state index contributed by atoms with van der Waals surface area (Å²) in [7, 11) is 0.